The number of carbonyl (C=O) groups is 2. The van der Waals surface area contributed by atoms with Crippen molar-refractivity contribution in [2.24, 2.45) is 5.92 Å². The van der Waals surface area contributed by atoms with Crippen LogP contribution in [0.15, 0.2) is 72.8 Å². The van der Waals surface area contributed by atoms with Gasteiger partial charge in [-0.25, -0.2) is 9.48 Å². The highest BCUT2D eigenvalue weighted by atomic mass is 35.5. The number of nitrogens with zero attached hydrogens (tertiary/aromatic N) is 2. The standard InChI is InChI=1S/C34H34Cl2F3N5O3/c1-33(2,3)47-32(46)41-19-21-6-4-9-25(14-21)44-28(17-29(43-44)34(37,38)39)31(45)42-24-8-5-7-22(15-24)30(40-18-20-10-11-20)26-13-12-23(35)16-27(26)36/h4-9,12-17,20,30,40H,10-11,18-19H2,1-3H3,(H,41,46)(H,42,45). The number of nitrogens with one attached hydrogen (secondary N) is 3. The van der Waals surface area contributed by atoms with E-state index < -0.39 is 29.5 Å². The molecule has 1 fully saturated rings. The molecule has 1 unspecified atom stereocenters. The van der Waals surface area contributed by atoms with Crippen LogP contribution in [0, 0.1) is 5.92 Å². The van der Waals surface area contributed by atoms with Crippen LogP contribution in [0.4, 0.5) is 23.7 Å². The van der Waals surface area contributed by atoms with Crippen molar-refractivity contribution < 1.29 is 27.5 Å². The third-order valence-electron chi connectivity index (χ3n) is 7.28. The highest BCUT2D eigenvalue weighted by molar-refractivity contribution is 6.35. The number of aromatic nitrogens is 2. The fourth-order valence-electron chi connectivity index (χ4n) is 4.91. The number of alkyl halides is 3. The van der Waals surface area contributed by atoms with Gasteiger partial charge in [-0.2, -0.15) is 18.3 Å². The number of alkyl carbamates (subject to hydrolysis) is 1. The fraction of sp³-hybridized carbons (Fsp3) is 0.324. The lowest BCUT2D eigenvalue weighted by Gasteiger charge is -2.22. The number of carbonyl (C=O) groups excluding carboxylic acids is 2. The second-order valence-corrected chi connectivity index (χ2v) is 13.2. The molecule has 13 heteroatoms. The summed E-state index contributed by atoms with van der Waals surface area (Å²) in [5, 5.41) is 13.6. The predicted octanol–water partition coefficient (Wildman–Crippen LogP) is 8.56. The van der Waals surface area contributed by atoms with E-state index in [0.29, 0.717) is 33.3 Å². The summed E-state index contributed by atoms with van der Waals surface area (Å²) in [4.78, 5) is 25.7. The first-order valence-electron chi connectivity index (χ1n) is 15.0. The summed E-state index contributed by atoms with van der Waals surface area (Å²) in [5.74, 6) is -0.226. The summed E-state index contributed by atoms with van der Waals surface area (Å²) >= 11 is 12.7. The first kappa shape index (κ1) is 34.3. The van der Waals surface area contributed by atoms with E-state index in [-0.39, 0.29) is 24.0 Å². The molecule has 1 saturated carbocycles. The molecular weight excluding hydrogens is 654 g/mol. The van der Waals surface area contributed by atoms with E-state index in [1.165, 1.54) is 12.1 Å². The van der Waals surface area contributed by atoms with Gasteiger partial charge in [-0.1, -0.05) is 53.5 Å². The minimum absolute atomic E-state index is 0.0397. The van der Waals surface area contributed by atoms with Crippen molar-refractivity contribution in [3.63, 3.8) is 0 Å². The van der Waals surface area contributed by atoms with Gasteiger partial charge >= 0.3 is 12.3 Å². The van der Waals surface area contributed by atoms with Crippen LogP contribution in [0.2, 0.25) is 10.0 Å². The Kier molecular flexibility index (Phi) is 10.2. The molecule has 1 aliphatic rings. The van der Waals surface area contributed by atoms with E-state index in [1.54, 1.807) is 63.2 Å². The summed E-state index contributed by atoms with van der Waals surface area (Å²) in [6.07, 6.45) is -3.16. The lowest BCUT2D eigenvalue weighted by atomic mass is 9.97. The number of hydrogen-bond donors (Lipinski definition) is 3. The van der Waals surface area contributed by atoms with Gasteiger partial charge in [-0.05, 0) is 99.2 Å². The smallest absolute Gasteiger partial charge is 0.435 e. The minimum atomic E-state index is -4.80. The normalized spacial score (nSPS) is 14.0. The van der Waals surface area contributed by atoms with Crippen molar-refractivity contribution in [3.8, 4) is 5.69 Å². The summed E-state index contributed by atoms with van der Waals surface area (Å²) in [7, 11) is 0. The number of anilines is 1. The SMILES string of the molecule is CC(C)(C)OC(=O)NCc1cccc(-n2nc(C(F)(F)F)cc2C(=O)Nc2cccc(C(NCC3CC3)c3ccc(Cl)cc3Cl)c2)c1. The molecule has 8 nitrogen and oxygen atoms in total. The van der Waals surface area contributed by atoms with Gasteiger partial charge in [-0.3, -0.25) is 4.79 Å². The van der Waals surface area contributed by atoms with Gasteiger partial charge in [0.25, 0.3) is 5.91 Å². The first-order valence-corrected chi connectivity index (χ1v) is 15.7. The Hall–Kier alpha value is -4.06. The van der Waals surface area contributed by atoms with Crippen molar-refractivity contribution in [2.75, 3.05) is 11.9 Å². The number of amides is 2. The van der Waals surface area contributed by atoms with E-state index in [2.05, 4.69) is 21.0 Å². The molecule has 4 aromatic rings. The van der Waals surface area contributed by atoms with Crippen LogP contribution in [0.1, 0.15) is 72.5 Å². The maximum absolute atomic E-state index is 13.8. The molecule has 0 spiro atoms. The number of hydrogen-bond acceptors (Lipinski definition) is 5. The Morgan fingerprint density at radius 3 is 2.43 bits per heavy atom. The molecule has 1 heterocycles. The fourth-order valence-corrected chi connectivity index (χ4v) is 5.42. The lowest BCUT2D eigenvalue weighted by Crippen LogP contribution is -2.32. The minimum Gasteiger partial charge on any atom is -0.444 e. The van der Waals surface area contributed by atoms with Crippen LogP contribution in [0.5, 0.6) is 0 Å². The second-order valence-electron chi connectivity index (χ2n) is 12.4. The average molecular weight is 689 g/mol. The Bertz CT molecular complexity index is 1770. The molecule has 0 aliphatic heterocycles. The van der Waals surface area contributed by atoms with Crippen LogP contribution < -0.4 is 16.0 Å². The summed E-state index contributed by atoms with van der Waals surface area (Å²) in [5.41, 5.74) is 0.461. The molecule has 3 aromatic carbocycles. The quantitative estimate of drug-likeness (QED) is 0.155. The summed E-state index contributed by atoms with van der Waals surface area (Å²) in [6, 6.07) is 19.0. The highest BCUT2D eigenvalue weighted by Gasteiger charge is 2.36. The Morgan fingerprint density at radius 2 is 1.74 bits per heavy atom. The van der Waals surface area contributed by atoms with Crippen LogP contribution in [0.25, 0.3) is 5.69 Å². The third-order valence-corrected chi connectivity index (χ3v) is 7.84. The predicted molar refractivity (Wildman–Crippen MR) is 175 cm³/mol. The molecular formula is C34H34Cl2F3N5O3. The number of ether oxygens (including phenoxy) is 1. The van der Waals surface area contributed by atoms with Gasteiger partial charge in [0, 0.05) is 28.3 Å². The van der Waals surface area contributed by atoms with Gasteiger partial charge < -0.3 is 20.7 Å². The van der Waals surface area contributed by atoms with Crippen molar-refractivity contribution in [1.82, 2.24) is 20.4 Å². The van der Waals surface area contributed by atoms with Crippen molar-refractivity contribution in [1.29, 1.82) is 0 Å². The van der Waals surface area contributed by atoms with E-state index in [1.807, 2.05) is 12.1 Å². The van der Waals surface area contributed by atoms with Gasteiger partial charge in [-0.15, -0.1) is 0 Å². The van der Waals surface area contributed by atoms with Crippen LogP contribution >= 0.6 is 23.2 Å². The molecule has 1 atom stereocenters. The Balaban J connectivity index is 1.41. The van der Waals surface area contributed by atoms with Gasteiger partial charge in [0.05, 0.1) is 11.7 Å². The molecule has 3 N–H and O–H groups in total. The maximum Gasteiger partial charge on any atom is 0.435 e. The zero-order valence-corrected chi connectivity index (χ0v) is 27.4. The maximum atomic E-state index is 13.8. The van der Waals surface area contributed by atoms with Gasteiger partial charge in [0.2, 0.25) is 0 Å². The molecule has 0 bridgehead atoms. The number of rotatable bonds is 10. The third kappa shape index (κ3) is 9.27. The average Bonchev–Trinajstić information content (AvgIpc) is 3.70. The Morgan fingerprint density at radius 1 is 1.00 bits per heavy atom. The second kappa shape index (κ2) is 14.0. The lowest BCUT2D eigenvalue weighted by molar-refractivity contribution is -0.141. The van der Waals surface area contributed by atoms with Crippen LogP contribution in [-0.2, 0) is 17.5 Å². The Labute approximate surface area is 280 Å². The van der Waals surface area contributed by atoms with E-state index in [0.717, 1.165) is 35.2 Å². The number of benzene rings is 3. The largest absolute Gasteiger partial charge is 0.444 e. The van der Waals surface area contributed by atoms with Gasteiger partial charge in [0.15, 0.2) is 5.69 Å². The molecule has 0 radical (unpaired) electrons. The summed E-state index contributed by atoms with van der Waals surface area (Å²) in [6.45, 7) is 5.99. The molecule has 5 rings (SSSR count). The topological polar surface area (TPSA) is 97.3 Å². The van der Waals surface area contributed by atoms with Crippen molar-refractivity contribution in [3.05, 3.63) is 111 Å². The molecule has 2 amide bonds. The monoisotopic (exact) mass is 687 g/mol. The zero-order chi connectivity index (χ0) is 33.9. The van der Waals surface area contributed by atoms with Crippen molar-refractivity contribution in [2.45, 2.75) is 58.0 Å². The first-order chi connectivity index (χ1) is 22.2. The molecule has 248 valence electrons. The number of halogens is 5. The summed E-state index contributed by atoms with van der Waals surface area (Å²) < 4.78 is 47.6. The van der Waals surface area contributed by atoms with Gasteiger partial charge in [0.1, 0.15) is 11.3 Å². The highest BCUT2D eigenvalue weighted by Crippen LogP contribution is 2.35. The van der Waals surface area contributed by atoms with Crippen molar-refractivity contribution >= 4 is 40.9 Å². The molecule has 1 aliphatic carbocycles. The molecule has 1 aromatic heterocycles. The van der Waals surface area contributed by atoms with E-state index in [4.69, 9.17) is 27.9 Å². The van der Waals surface area contributed by atoms with E-state index in [9.17, 15) is 22.8 Å². The molecule has 0 saturated heterocycles. The zero-order valence-electron chi connectivity index (χ0n) is 25.9. The van der Waals surface area contributed by atoms with Crippen LogP contribution in [0.3, 0.4) is 0 Å². The van der Waals surface area contributed by atoms with Crippen LogP contribution in [-0.4, -0.2) is 33.9 Å². The van der Waals surface area contributed by atoms with E-state index >= 15 is 0 Å². The molecule has 47 heavy (non-hydrogen) atoms.